The highest BCUT2D eigenvalue weighted by Crippen LogP contribution is 2.60. The van der Waals surface area contributed by atoms with Crippen LogP contribution in [0.1, 0.15) is 60.9 Å². The van der Waals surface area contributed by atoms with Gasteiger partial charge in [-0.05, 0) is 66.5 Å². The van der Waals surface area contributed by atoms with Crippen molar-refractivity contribution in [1.82, 2.24) is 0 Å². The molecule has 2 fully saturated rings. The first-order valence-electron chi connectivity index (χ1n) is 8.05. The standard InChI is InChI=1S/C18H22O3/c1-18-7-6-12-11-3-2-10(19)8-14(11)16(20)9-13(12)15(18)4-5-17(18)21/h2-3,8,12-13,15,17,19,21H,4-7,9H2,1H3/t12?,13?,15?,17-,18?/m1/s1. The van der Waals surface area contributed by atoms with E-state index in [1.54, 1.807) is 12.1 Å². The van der Waals surface area contributed by atoms with Gasteiger partial charge in [-0.15, -0.1) is 0 Å². The van der Waals surface area contributed by atoms with Crippen molar-refractivity contribution in [1.29, 1.82) is 0 Å². The number of ketones is 1. The molecular formula is C18H22O3. The number of phenolic OH excluding ortho intramolecular Hbond substituents is 1. The molecule has 2 N–H and O–H groups in total. The Kier molecular flexibility index (Phi) is 2.74. The van der Waals surface area contributed by atoms with Gasteiger partial charge in [0.05, 0.1) is 6.10 Å². The van der Waals surface area contributed by atoms with Gasteiger partial charge in [0.15, 0.2) is 5.78 Å². The molecule has 5 atom stereocenters. The number of aliphatic hydroxyl groups excluding tert-OH is 1. The zero-order valence-corrected chi connectivity index (χ0v) is 12.4. The highest BCUT2D eigenvalue weighted by molar-refractivity contribution is 5.99. The minimum atomic E-state index is -0.209. The molecule has 0 spiro atoms. The Bertz CT molecular complexity index is 608. The second kappa shape index (κ2) is 4.33. The van der Waals surface area contributed by atoms with E-state index in [0.29, 0.717) is 24.2 Å². The van der Waals surface area contributed by atoms with Crippen molar-refractivity contribution < 1.29 is 15.0 Å². The van der Waals surface area contributed by atoms with Gasteiger partial charge in [-0.2, -0.15) is 0 Å². The smallest absolute Gasteiger partial charge is 0.163 e. The summed E-state index contributed by atoms with van der Waals surface area (Å²) in [5.41, 5.74) is 1.84. The Hall–Kier alpha value is -1.35. The van der Waals surface area contributed by atoms with Gasteiger partial charge in [0.2, 0.25) is 0 Å². The second-order valence-electron chi connectivity index (χ2n) is 7.41. The van der Waals surface area contributed by atoms with Crippen LogP contribution in [0.3, 0.4) is 0 Å². The van der Waals surface area contributed by atoms with Crippen LogP contribution in [0.25, 0.3) is 0 Å². The van der Waals surface area contributed by atoms with Crippen LogP contribution >= 0.6 is 0 Å². The fourth-order valence-corrected chi connectivity index (χ4v) is 5.36. The summed E-state index contributed by atoms with van der Waals surface area (Å²) in [6.07, 6.45) is 4.36. The first-order valence-corrected chi connectivity index (χ1v) is 8.05. The van der Waals surface area contributed by atoms with Crippen molar-refractivity contribution in [3.8, 4) is 5.75 Å². The lowest BCUT2D eigenvalue weighted by Crippen LogP contribution is -2.44. The average molecular weight is 286 g/mol. The Balaban J connectivity index is 1.77. The van der Waals surface area contributed by atoms with Crippen LogP contribution in [0.4, 0.5) is 0 Å². The Morgan fingerprint density at radius 2 is 2.05 bits per heavy atom. The Morgan fingerprint density at radius 3 is 2.86 bits per heavy atom. The zero-order valence-electron chi connectivity index (χ0n) is 12.4. The van der Waals surface area contributed by atoms with E-state index in [1.807, 2.05) is 6.07 Å². The van der Waals surface area contributed by atoms with E-state index in [1.165, 1.54) is 0 Å². The number of fused-ring (bicyclic) bond motifs is 5. The van der Waals surface area contributed by atoms with Gasteiger partial charge in [-0.1, -0.05) is 13.0 Å². The number of carbonyl (C=O) groups is 1. The number of Topliss-reactive ketones (excluding diaryl/α,β-unsaturated/α-hetero) is 1. The maximum atomic E-state index is 12.5. The molecular weight excluding hydrogens is 264 g/mol. The average Bonchev–Trinajstić information content (AvgIpc) is 2.76. The van der Waals surface area contributed by atoms with E-state index >= 15 is 0 Å². The van der Waals surface area contributed by atoms with Crippen LogP contribution in [0, 0.1) is 17.3 Å². The molecule has 112 valence electrons. The van der Waals surface area contributed by atoms with Gasteiger partial charge < -0.3 is 10.2 Å². The van der Waals surface area contributed by atoms with E-state index in [9.17, 15) is 15.0 Å². The summed E-state index contributed by atoms with van der Waals surface area (Å²) in [6.45, 7) is 2.21. The summed E-state index contributed by atoms with van der Waals surface area (Å²) < 4.78 is 0. The van der Waals surface area contributed by atoms with Crippen LogP contribution in [0.5, 0.6) is 5.75 Å². The van der Waals surface area contributed by atoms with E-state index in [0.717, 1.165) is 36.8 Å². The molecule has 0 saturated heterocycles. The van der Waals surface area contributed by atoms with Crippen LogP contribution < -0.4 is 0 Å². The minimum Gasteiger partial charge on any atom is -0.508 e. The molecule has 4 rings (SSSR count). The molecule has 0 aromatic heterocycles. The SMILES string of the molecule is CC12CCC3c4ccc(O)cc4C(=O)CC3C1CC[C@H]2O. The van der Waals surface area contributed by atoms with Crippen molar-refractivity contribution >= 4 is 5.78 Å². The molecule has 3 nitrogen and oxygen atoms in total. The van der Waals surface area contributed by atoms with E-state index in [-0.39, 0.29) is 23.1 Å². The van der Waals surface area contributed by atoms with Crippen LogP contribution in [-0.4, -0.2) is 22.1 Å². The number of carbonyl (C=O) groups excluding carboxylic acids is 1. The topological polar surface area (TPSA) is 57.5 Å². The number of phenols is 1. The fraction of sp³-hybridized carbons (Fsp3) is 0.611. The van der Waals surface area contributed by atoms with Crippen LogP contribution in [0.15, 0.2) is 18.2 Å². The molecule has 2 saturated carbocycles. The Morgan fingerprint density at radius 1 is 1.24 bits per heavy atom. The van der Waals surface area contributed by atoms with Crippen molar-refractivity contribution in [3.05, 3.63) is 29.3 Å². The molecule has 3 aliphatic rings. The van der Waals surface area contributed by atoms with E-state index < -0.39 is 0 Å². The summed E-state index contributed by atoms with van der Waals surface area (Å²) in [5, 5.41) is 20.0. The lowest BCUT2D eigenvalue weighted by molar-refractivity contribution is -0.0208. The predicted molar refractivity (Wildman–Crippen MR) is 79.4 cm³/mol. The Labute approximate surface area is 125 Å². The summed E-state index contributed by atoms with van der Waals surface area (Å²) in [7, 11) is 0. The van der Waals surface area contributed by atoms with Crippen molar-refractivity contribution in [2.75, 3.05) is 0 Å². The fourth-order valence-electron chi connectivity index (χ4n) is 5.36. The quantitative estimate of drug-likeness (QED) is 0.769. The minimum absolute atomic E-state index is 0.00410. The molecule has 1 aromatic rings. The summed E-state index contributed by atoms with van der Waals surface area (Å²) >= 11 is 0. The summed E-state index contributed by atoms with van der Waals surface area (Å²) in [4.78, 5) is 12.5. The molecule has 0 bridgehead atoms. The van der Waals surface area contributed by atoms with Crippen LogP contribution in [0.2, 0.25) is 0 Å². The molecule has 1 aromatic carbocycles. The maximum Gasteiger partial charge on any atom is 0.163 e. The van der Waals surface area contributed by atoms with Crippen molar-refractivity contribution in [3.63, 3.8) is 0 Å². The highest BCUT2D eigenvalue weighted by Gasteiger charge is 2.55. The number of aliphatic hydroxyl groups is 1. The second-order valence-corrected chi connectivity index (χ2v) is 7.41. The van der Waals surface area contributed by atoms with Crippen molar-refractivity contribution in [2.24, 2.45) is 17.3 Å². The van der Waals surface area contributed by atoms with Gasteiger partial charge in [-0.25, -0.2) is 0 Å². The largest absolute Gasteiger partial charge is 0.508 e. The van der Waals surface area contributed by atoms with Gasteiger partial charge >= 0.3 is 0 Å². The van der Waals surface area contributed by atoms with Crippen LogP contribution in [-0.2, 0) is 0 Å². The molecule has 3 aliphatic carbocycles. The zero-order chi connectivity index (χ0) is 14.8. The molecule has 0 aliphatic heterocycles. The first kappa shape index (κ1) is 13.3. The van der Waals surface area contributed by atoms with Gasteiger partial charge in [0.25, 0.3) is 0 Å². The summed E-state index contributed by atoms with van der Waals surface area (Å²) in [6, 6.07) is 5.27. The molecule has 3 heteroatoms. The van der Waals surface area contributed by atoms with Gasteiger partial charge in [0.1, 0.15) is 5.75 Å². The molecule has 0 heterocycles. The third-order valence-electron chi connectivity index (χ3n) is 6.54. The molecule has 4 unspecified atom stereocenters. The van der Waals surface area contributed by atoms with Gasteiger partial charge in [0, 0.05) is 12.0 Å². The molecule has 0 radical (unpaired) electrons. The summed E-state index contributed by atoms with van der Waals surface area (Å²) in [5.74, 6) is 1.58. The monoisotopic (exact) mass is 286 g/mol. The maximum absolute atomic E-state index is 12.5. The first-order chi connectivity index (χ1) is 10.0. The normalized spacial score (nSPS) is 41.3. The molecule has 0 amide bonds. The lowest BCUT2D eigenvalue weighted by Gasteiger charge is -2.49. The lowest BCUT2D eigenvalue weighted by atomic mass is 9.55. The van der Waals surface area contributed by atoms with E-state index in [4.69, 9.17) is 0 Å². The number of rotatable bonds is 0. The predicted octanol–water partition coefficient (Wildman–Crippen LogP) is 3.25. The third kappa shape index (κ3) is 1.73. The number of hydrogen-bond donors (Lipinski definition) is 2. The van der Waals surface area contributed by atoms with Gasteiger partial charge in [-0.3, -0.25) is 4.79 Å². The number of hydrogen-bond acceptors (Lipinski definition) is 3. The highest BCUT2D eigenvalue weighted by atomic mass is 16.3. The number of aromatic hydroxyl groups is 1. The number of benzene rings is 1. The van der Waals surface area contributed by atoms with Crippen molar-refractivity contribution in [2.45, 2.75) is 51.0 Å². The molecule has 21 heavy (non-hydrogen) atoms. The third-order valence-corrected chi connectivity index (χ3v) is 6.54. The van der Waals surface area contributed by atoms with E-state index in [2.05, 4.69) is 6.92 Å².